The van der Waals surface area contributed by atoms with Gasteiger partial charge in [-0.15, -0.1) is 11.8 Å². The molecule has 0 spiro atoms. The van der Waals surface area contributed by atoms with E-state index in [-0.39, 0.29) is 4.75 Å². The molecule has 2 nitrogen and oxygen atoms in total. The van der Waals surface area contributed by atoms with Gasteiger partial charge in [0.2, 0.25) is 0 Å². The minimum absolute atomic E-state index is 0.109. The van der Waals surface area contributed by atoms with Gasteiger partial charge in [0.05, 0.1) is 0 Å². The summed E-state index contributed by atoms with van der Waals surface area (Å²) in [6, 6.07) is 5.51. The van der Waals surface area contributed by atoms with E-state index >= 15 is 0 Å². The van der Waals surface area contributed by atoms with Gasteiger partial charge in [-0.1, -0.05) is 32.4 Å². The Labute approximate surface area is 93.3 Å². The average molecular weight is 227 g/mol. The second-order valence-electron chi connectivity index (χ2n) is 3.84. The molecule has 0 saturated carbocycles. The molecule has 0 radical (unpaired) electrons. The van der Waals surface area contributed by atoms with Gasteiger partial charge in [0.15, 0.2) is 0 Å². The highest BCUT2D eigenvalue weighted by Crippen LogP contribution is 2.32. The van der Waals surface area contributed by atoms with Crippen LogP contribution in [0.25, 0.3) is 0 Å². The summed E-state index contributed by atoms with van der Waals surface area (Å²) in [6.45, 7) is 6.33. The van der Waals surface area contributed by atoms with E-state index in [1.165, 1.54) is 0 Å². The van der Waals surface area contributed by atoms with E-state index in [1.807, 2.05) is 6.07 Å². The monoisotopic (exact) mass is 226 g/mol. The topological polar surface area (TPSA) is 36.7 Å². The van der Waals surface area contributed by atoms with Crippen LogP contribution in [0, 0.1) is 11.3 Å². The number of aromatic nitrogens is 1. The molecule has 0 aliphatic heterocycles. The lowest BCUT2D eigenvalue weighted by Gasteiger charge is -2.17. The molecule has 0 aromatic carbocycles. The van der Waals surface area contributed by atoms with Gasteiger partial charge in [-0.2, -0.15) is 5.26 Å². The van der Waals surface area contributed by atoms with Gasteiger partial charge in [0.25, 0.3) is 0 Å². The molecule has 0 fully saturated rings. The first-order valence-electron chi connectivity index (χ1n) is 4.17. The Balaban J connectivity index is 3.00. The molecule has 1 heterocycles. The Morgan fingerprint density at radius 3 is 2.57 bits per heavy atom. The van der Waals surface area contributed by atoms with Crippen LogP contribution in [0.1, 0.15) is 26.5 Å². The number of thioether (sulfide) groups is 1. The summed E-state index contributed by atoms with van der Waals surface area (Å²) in [7, 11) is 0. The molecule has 0 unspecified atom stereocenters. The van der Waals surface area contributed by atoms with Crippen molar-refractivity contribution in [2.24, 2.45) is 0 Å². The maximum Gasteiger partial charge on any atom is 0.143 e. The van der Waals surface area contributed by atoms with Gasteiger partial charge in [-0.05, 0) is 12.1 Å². The van der Waals surface area contributed by atoms with Crippen molar-refractivity contribution in [3.05, 3.63) is 23.0 Å². The molecule has 0 bridgehead atoms. The van der Waals surface area contributed by atoms with Gasteiger partial charge in [0, 0.05) is 9.64 Å². The second-order valence-corrected chi connectivity index (χ2v) is 6.12. The summed E-state index contributed by atoms with van der Waals surface area (Å²) < 4.78 is 0.109. The van der Waals surface area contributed by atoms with Crippen LogP contribution in [0.5, 0.6) is 0 Å². The van der Waals surface area contributed by atoms with Crippen molar-refractivity contribution in [3.8, 4) is 6.07 Å². The van der Waals surface area contributed by atoms with Crippen LogP contribution in [0.3, 0.4) is 0 Å². The summed E-state index contributed by atoms with van der Waals surface area (Å²) in [6.07, 6.45) is 0. The molecule has 0 N–H and O–H groups in total. The van der Waals surface area contributed by atoms with Gasteiger partial charge in [0.1, 0.15) is 16.9 Å². The number of nitriles is 1. The Kier molecular flexibility index (Phi) is 3.41. The highest BCUT2D eigenvalue weighted by Gasteiger charge is 2.13. The molecule has 0 amide bonds. The Hall–Kier alpha value is -0.720. The zero-order chi connectivity index (χ0) is 10.8. The number of pyridine rings is 1. The van der Waals surface area contributed by atoms with E-state index in [9.17, 15) is 0 Å². The summed E-state index contributed by atoms with van der Waals surface area (Å²) in [5.74, 6) is 0. The molecule has 1 aromatic rings. The molecule has 4 heteroatoms. The average Bonchev–Trinajstić information content (AvgIpc) is 1.99. The molecule has 0 atom stereocenters. The van der Waals surface area contributed by atoms with Crippen molar-refractivity contribution in [1.29, 1.82) is 5.26 Å². The van der Waals surface area contributed by atoms with E-state index in [4.69, 9.17) is 16.9 Å². The van der Waals surface area contributed by atoms with E-state index in [2.05, 4.69) is 25.8 Å². The molecule has 74 valence electrons. The minimum atomic E-state index is 0.109. The Morgan fingerprint density at radius 2 is 2.07 bits per heavy atom. The Morgan fingerprint density at radius 1 is 1.43 bits per heavy atom. The van der Waals surface area contributed by atoms with Crippen molar-refractivity contribution in [2.45, 2.75) is 30.4 Å². The molecule has 1 rings (SSSR count). The van der Waals surface area contributed by atoms with Crippen LogP contribution in [-0.4, -0.2) is 9.73 Å². The number of nitrogens with zero attached hydrogens (tertiary/aromatic N) is 2. The van der Waals surface area contributed by atoms with Gasteiger partial charge < -0.3 is 0 Å². The quantitative estimate of drug-likeness (QED) is 0.543. The molecule has 1 aromatic heterocycles. The van der Waals surface area contributed by atoms with Crippen LogP contribution < -0.4 is 0 Å². The molecule has 0 aliphatic rings. The fraction of sp³-hybridized carbons (Fsp3) is 0.400. The van der Waals surface area contributed by atoms with Crippen molar-refractivity contribution < 1.29 is 0 Å². The highest BCUT2D eigenvalue weighted by atomic mass is 35.5. The minimum Gasteiger partial charge on any atom is -0.225 e. The largest absolute Gasteiger partial charge is 0.225 e. The molecular formula is C10H11ClN2S. The molecule has 0 aliphatic carbocycles. The fourth-order valence-corrected chi connectivity index (χ4v) is 2.26. The van der Waals surface area contributed by atoms with E-state index in [1.54, 1.807) is 23.9 Å². The molecule has 14 heavy (non-hydrogen) atoms. The van der Waals surface area contributed by atoms with E-state index in [0.717, 1.165) is 4.90 Å². The summed E-state index contributed by atoms with van der Waals surface area (Å²) >= 11 is 7.45. The van der Waals surface area contributed by atoms with E-state index < -0.39 is 0 Å². The van der Waals surface area contributed by atoms with Crippen molar-refractivity contribution in [3.63, 3.8) is 0 Å². The van der Waals surface area contributed by atoms with E-state index in [0.29, 0.717) is 10.8 Å². The van der Waals surface area contributed by atoms with Crippen molar-refractivity contribution in [2.75, 3.05) is 0 Å². The zero-order valence-corrected chi connectivity index (χ0v) is 9.91. The summed E-state index contributed by atoms with van der Waals surface area (Å²) in [5.41, 5.74) is 0.365. The first kappa shape index (κ1) is 11.4. The maximum atomic E-state index is 8.70. The van der Waals surface area contributed by atoms with Gasteiger partial charge in [-0.3, -0.25) is 0 Å². The highest BCUT2D eigenvalue weighted by molar-refractivity contribution is 8.00. The number of hydrogen-bond acceptors (Lipinski definition) is 3. The smallest absolute Gasteiger partial charge is 0.143 e. The summed E-state index contributed by atoms with van der Waals surface area (Å²) in [4.78, 5) is 4.85. The predicted molar refractivity (Wildman–Crippen MR) is 59.6 cm³/mol. The third kappa shape index (κ3) is 3.57. The van der Waals surface area contributed by atoms with Gasteiger partial charge >= 0.3 is 0 Å². The van der Waals surface area contributed by atoms with Crippen LogP contribution in [0.4, 0.5) is 0 Å². The third-order valence-corrected chi connectivity index (χ3v) is 2.58. The van der Waals surface area contributed by atoms with Crippen LogP contribution in [-0.2, 0) is 0 Å². The lowest BCUT2D eigenvalue weighted by atomic mass is 10.3. The number of rotatable bonds is 1. The first-order chi connectivity index (χ1) is 6.40. The predicted octanol–water partition coefficient (Wildman–Crippen LogP) is 3.50. The number of halogens is 1. The zero-order valence-electron chi connectivity index (χ0n) is 8.34. The standard InChI is InChI=1S/C10H11ClN2S/c1-10(2,3)14-8-4-7(6-12)13-9(11)5-8/h4-5H,1-3H3. The lowest BCUT2D eigenvalue weighted by Crippen LogP contribution is -2.06. The normalized spacial score (nSPS) is 11.1. The van der Waals surface area contributed by atoms with Crippen molar-refractivity contribution >= 4 is 23.4 Å². The van der Waals surface area contributed by atoms with Crippen LogP contribution in [0.15, 0.2) is 17.0 Å². The van der Waals surface area contributed by atoms with Crippen LogP contribution >= 0.6 is 23.4 Å². The second kappa shape index (κ2) is 4.20. The third-order valence-electron chi connectivity index (χ3n) is 1.31. The fourth-order valence-electron chi connectivity index (χ4n) is 0.943. The molecule has 0 saturated heterocycles. The van der Waals surface area contributed by atoms with Gasteiger partial charge in [-0.25, -0.2) is 4.98 Å². The van der Waals surface area contributed by atoms with Crippen LogP contribution in [0.2, 0.25) is 5.15 Å². The van der Waals surface area contributed by atoms with Crippen molar-refractivity contribution in [1.82, 2.24) is 4.98 Å². The summed E-state index contributed by atoms with van der Waals surface area (Å²) in [5, 5.41) is 9.08. The lowest BCUT2D eigenvalue weighted by molar-refractivity contribution is 0.802. The maximum absolute atomic E-state index is 8.70. The first-order valence-corrected chi connectivity index (χ1v) is 5.37. The SMILES string of the molecule is CC(C)(C)Sc1cc(Cl)nc(C#N)c1. The number of hydrogen-bond donors (Lipinski definition) is 0. The Bertz CT molecular complexity index is 377. The molecular weight excluding hydrogens is 216 g/mol.